The first-order valence-corrected chi connectivity index (χ1v) is 7.05. The monoisotopic (exact) mass is 252 g/mol. The van der Waals surface area contributed by atoms with Crippen LogP contribution in [-0.4, -0.2) is 13.1 Å². The van der Waals surface area contributed by atoms with Gasteiger partial charge in [-0.15, -0.1) is 0 Å². The Morgan fingerprint density at radius 3 is 2.21 bits per heavy atom. The van der Waals surface area contributed by atoms with Gasteiger partial charge in [-0.05, 0) is 42.7 Å². The summed E-state index contributed by atoms with van der Waals surface area (Å²) in [6, 6.07) is 19.3. The van der Waals surface area contributed by atoms with E-state index >= 15 is 0 Å². The summed E-state index contributed by atoms with van der Waals surface area (Å²) in [5, 5.41) is 3.46. The van der Waals surface area contributed by atoms with Crippen molar-refractivity contribution in [3.63, 3.8) is 0 Å². The summed E-state index contributed by atoms with van der Waals surface area (Å²) >= 11 is 0. The normalized spacial score (nSPS) is 14.6. The Kier molecular flexibility index (Phi) is 3.68. The Labute approximate surface area is 115 Å². The molecule has 1 heterocycles. The average Bonchev–Trinajstić information content (AvgIpc) is 3.01. The van der Waals surface area contributed by atoms with E-state index in [1.54, 1.807) is 0 Å². The third-order valence-electron chi connectivity index (χ3n) is 3.68. The molecule has 0 amide bonds. The first kappa shape index (κ1) is 12.1. The number of nitrogens with zero attached hydrogens (tertiary/aromatic N) is 1. The second kappa shape index (κ2) is 5.79. The highest BCUT2D eigenvalue weighted by Crippen LogP contribution is 2.22. The zero-order chi connectivity index (χ0) is 12.9. The maximum Gasteiger partial charge on any atom is 0.0400 e. The summed E-state index contributed by atoms with van der Waals surface area (Å²) in [7, 11) is 0. The van der Waals surface area contributed by atoms with Crippen LogP contribution >= 0.6 is 0 Å². The fourth-order valence-electron chi connectivity index (χ4n) is 2.57. The molecule has 0 spiro atoms. The molecule has 2 aromatic rings. The van der Waals surface area contributed by atoms with Gasteiger partial charge in [0, 0.05) is 31.0 Å². The zero-order valence-electron chi connectivity index (χ0n) is 11.2. The van der Waals surface area contributed by atoms with Crippen molar-refractivity contribution in [2.45, 2.75) is 19.4 Å². The SMILES string of the molecule is c1ccc(CNc2ccc(N3CCCC3)cc2)cc1. The van der Waals surface area contributed by atoms with Crippen LogP contribution in [0.5, 0.6) is 0 Å². The van der Waals surface area contributed by atoms with Gasteiger partial charge in [-0.1, -0.05) is 30.3 Å². The number of rotatable bonds is 4. The first-order chi connectivity index (χ1) is 9.42. The topological polar surface area (TPSA) is 15.3 Å². The van der Waals surface area contributed by atoms with Crippen molar-refractivity contribution in [1.82, 2.24) is 0 Å². The molecule has 1 saturated heterocycles. The minimum atomic E-state index is 0.879. The van der Waals surface area contributed by atoms with Crippen molar-refractivity contribution in [3.8, 4) is 0 Å². The molecule has 1 aliphatic heterocycles. The van der Waals surface area contributed by atoms with Crippen molar-refractivity contribution in [3.05, 3.63) is 60.2 Å². The van der Waals surface area contributed by atoms with E-state index in [2.05, 4.69) is 58.7 Å². The molecule has 2 aromatic carbocycles. The lowest BCUT2D eigenvalue weighted by Crippen LogP contribution is -2.17. The van der Waals surface area contributed by atoms with Crippen LogP contribution < -0.4 is 10.2 Å². The molecule has 0 atom stereocenters. The van der Waals surface area contributed by atoms with Crippen molar-refractivity contribution in [2.75, 3.05) is 23.3 Å². The van der Waals surface area contributed by atoms with Gasteiger partial charge in [-0.2, -0.15) is 0 Å². The highest BCUT2D eigenvalue weighted by molar-refractivity contribution is 5.55. The van der Waals surface area contributed by atoms with Gasteiger partial charge in [0.25, 0.3) is 0 Å². The molecule has 0 aliphatic carbocycles. The third-order valence-corrected chi connectivity index (χ3v) is 3.68. The van der Waals surface area contributed by atoms with Gasteiger partial charge in [0.1, 0.15) is 0 Å². The molecule has 0 bridgehead atoms. The van der Waals surface area contributed by atoms with Crippen molar-refractivity contribution >= 4 is 11.4 Å². The molecule has 0 saturated carbocycles. The zero-order valence-corrected chi connectivity index (χ0v) is 11.2. The van der Waals surface area contributed by atoms with Gasteiger partial charge in [-0.25, -0.2) is 0 Å². The largest absolute Gasteiger partial charge is 0.381 e. The minimum absolute atomic E-state index is 0.879. The summed E-state index contributed by atoms with van der Waals surface area (Å²) in [6.07, 6.45) is 2.65. The number of benzene rings is 2. The highest BCUT2D eigenvalue weighted by atomic mass is 15.1. The predicted octanol–water partition coefficient (Wildman–Crippen LogP) is 3.90. The van der Waals surface area contributed by atoms with E-state index in [-0.39, 0.29) is 0 Å². The molecule has 1 aliphatic rings. The number of nitrogens with one attached hydrogen (secondary N) is 1. The Balaban J connectivity index is 1.60. The summed E-state index contributed by atoms with van der Waals surface area (Å²) in [5.41, 5.74) is 3.85. The van der Waals surface area contributed by atoms with Crippen LogP contribution in [0.15, 0.2) is 54.6 Å². The fourth-order valence-corrected chi connectivity index (χ4v) is 2.57. The van der Waals surface area contributed by atoms with Gasteiger partial charge in [0.2, 0.25) is 0 Å². The first-order valence-electron chi connectivity index (χ1n) is 7.05. The fraction of sp³-hybridized carbons (Fsp3) is 0.294. The smallest absolute Gasteiger partial charge is 0.0400 e. The Morgan fingerprint density at radius 2 is 1.53 bits per heavy atom. The molecule has 1 fully saturated rings. The van der Waals surface area contributed by atoms with E-state index in [4.69, 9.17) is 0 Å². The van der Waals surface area contributed by atoms with Gasteiger partial charge in [-0.3, -0.25) is 0 Å². The Hall–Kier alpha value is -1.96. The molecule has 98 valence electrons. The molecule has 1 N–H and O–H groups in total. The summed E-state index contributed by atoms with van der Waals surface area (Å²) in [6.45, 7) is 3.29. The number of hydrogen-bond acceptors (Lipinski definition) is 2. The molecule has 2 heteroatoms. The van der Waals surface area contributed by atoms with Gasteiger partial charge in [0.15, 0.2) is 0 Å². The minimum Gasteiger partial charge on any atom is -0.381 e. The highest BCUT2D eigenvalue weighted by Gasteiger charge is 2.11. The number of anilines is 2. The summed E-state index contributed by atoms with van der Waals surface area (Å²) < 4.78 is 0. The van der Waals surface area contributed by atoms with Crippen molar-refractivity contribution in [2.24, 2.45) is 0 Å². The van der Waals surface area contributed by atoms with Gasteiger partial charge >= 0.3 is 0 Å². The molecule has 3 rings (SSSR count). The van der Waals surface area contributed by atoms with E-state index in [0.29, 0.717) is 0 Å². The molecule has 2 nitrogen and oxygen atoms in total. The summed E-state index contributed by atoms with van der Waals surface area (Å²) in [5.74, 6) is 0. The van der Waals surface area contributed by atoms with Crippen molar-refractivity contribution < 1.29 is 0 Å². The third kappa shape index (κ3) is 3.08. The standard InChI is InChI=1S/C17H20N2/c1-2-6-15(7-3-1)14-18-16-8-10-17(11-9-16)19-12-4-5-13-19/h1-3,6-11,18H,4-5,12-14H2. The molecule has 0 radical (unpaired) electrons. The van der Waals surface area contributed by atoms with Crippen LogP contribution in [-0.2, 0) is 6.54 Å². The molecule has 0 unspecified atom stereocenters. The van der Waals surface area contributed by atoms with E-state index in [0.717, 1.165) is 6.54 Å². The van der Waals surface area contributed by atoms with Crippen LogP contribution in [0.25, 0.3) is 0 Å². The molecule has 0 aromatic heterocycles. The number of hydrogen-bond donors (Lipinski definition) is 1. The van der Waals surface area contributed by atoms with Crippen LogP contribution in [0.3, 0.4) is 0 Å². The second-order valence-electron chi connectivity index (χ2n) is 5.08. The van der Waals surface area contributed by atoms with Gasteiger partial charge in [0.05, 0.1) is 0 Å². The molecular weight excluding hydrogens is 232 g/mol. The Morgan fingerprint density at radius 1 is 0.842 bits per heavy atom. The van der Waals surface area contributed by atoms with E-state index in [1.165, 1.54) is 42.9 Å². The van der Waals surface area contributed by atoms with E-state index in [9.17, 15) is 0 Å². The van der Waals surface area contributed by atoms with Crippen LogP contribution in [0.2, 0.25) is 0 Å². The average molecular weight is 252 g/mol. The second-order valence-corrected chi connectivity index (χ2v) is 5.08. The summed E-state index contributed by atoms with van der Waals surface area (Å²) in [4.78, 5) is 2.46. The van der Waals surface area contributed by atoms with Gasteiger partial charge < -0.3 is 10.2 Å². The Bertz CT molecular complexity index is 499. The van der Waals surface area contributed by atoms with Crippen molar-refractivity contribution in [1.29, 1.82) is 0 Å². The molecular formula is C17H20N2. The quantitative estimate of drug-likeness (QED) is 0.887. The lowest BCUT2D eigenvalue weighted by molar-refractivity contribution is 0.949. The van der Waals surface area contributed by atoms with Crippen LogP contribution in [0.4, 0.5) is 11.4 Å². The lowest BCUT2D eigenvalue weighted by Gasteiger charge is -2.18. The van der Waals surface area contributed by atoms with Crippen LogP contribution in [0, 0.1) is 0 Å². The predicted molar refractivity (Wildman–Crippen MR) is 81.7 cm³/mol. The van der Waals surface area contributed by atoms with Crippen LogP contribution in [0.1, 0.15) is 18.4 Å². The maximum absolute atomic E-state index is 3.46. The maximum atomic E-state index is 3.46. The van der Waals surface area contributed by atoms with E-state index < -0.39 is 0 Å². The van der Waals surface area contributed by atoms with E-state index in [1.807, 2.05) is 6.07 Å². The lowest BCUT2D eigenvalue weighted by atomic mass is 10.2. The molecule has 19 heavy (non-hydrogen) atoms.